The SMILES string of the molecule is CCNc1[c]ccc(CN)c1. The predicted octanol–water partition coefficient (Wildman–Crippen LogP) is 1.38. The number of hydrogen-bond donors (Lipinski definition) is 2. The van der Waals surface area contributed by atoms with Crippen molar-refractivity contribution in [2.45, 2.75) is 13.5 Å². The van der Waals surface area contributed by atoms with Crippen molar-refractivity contribution in [2.75, 3.05) is 11.9 Å². The number of hydrogen-bond acceptors (Lipinski definition) is 2. The van der Waals surface area contributed by atoms with Crippen LogP contribution in [-0.2, 0) is 6.54 Å². The number of anilines is 1. The Labute approximate surface area is 67.4 Å². The molecule has 0 aliphatic carbocycles. The molecule has 0 heterocycles. The van der Waals surface area contributed by atoms with E-state index in [0.717, 1.165) is 17.8 Å². The van der Waals surface area contributed by atoms with Crippen LogP contribution in [0.3, 0.4) is 0 Å². The van der Waals surface area contributed by atoms with E-state index in [0.29, 0.717) is 6.54 Å². The highest BCUT2D eigenvalue weighted by atomic mass is 14.8. The van der Waals surface area contributed by atoms with Crippen molar-refractivity contribution >= 4 is 5.69 Å². The van der Waals surface area contributed by atoms with Crippen LogP contribution in [0.25, 0.3) is 0 Å². The van der Waals surface area contributed by atoms with Crippen LogP contribution in [0.1, 0.15) is 12.5 Å². The Balaban J connectivity index is 2.74. The van der Waals surface area contributed by atoms with Crippen molar-refractivity contribution in [3.05, 3.63) is 29.8 Å². The van der Waals surface area contributed by atoms with Crippen LogP contribution in [0, 0.1) is 6.07 Å². The topological polar surface area (TPSA) is 38.0 Å². The lowest BCUT2D eigenvalue weighted by atomic mass is 10.2. The first kappa shape index (κ1) is 8.08. The van der Waals surface area contributed by atoms with E-state index in [4.69, 9.17) is 5.73 Å². The predicted molar refractivity (Wildman–Crippen MR) is 47.3 cm³/mol. The van der Waals surface area contributed by atoms with E-state index in [2.05, 4.69) is 18.3 Å². The number of benzene rings is 1. The molecule has 1 rings (SSSR count). The Morgan fingerprint density at radius 2 is 2.45 bits per heavy atom. The largest absolute Gasteiger partial charge is 0.385 e. The van der Waals surface area contributed by atoms with Gasteiger partial charge in [0.05, 0.1) is 0 Å². The summed E-state index contributed by atoms with van der Waals surface area (Å²) in [5.41, 5.74) is 7.64. The van der Waals surface area contributed by atoms with Crippen molar-refractivity contribution in [3.63, 3.8) is 0 Å². The maximum atomic E-state index is 5.47. The third-order valence-electron chi connectivity index (χ3n) is 1.47. The summed E-state index contributed by atoms with van der Waals surface area (Å²) in [6.45, 7) is 3.57. The Bertz CT molecular complexity index is 221. The van der Waals surface area contributed by atoms with Gasteiger partial charge in [0, 0.05) is 24.8 Å². The fraction of sp³-hybridized carbons (Fsp3) is 0.333. The molecule has 0 bridgehead atoms. The van der Waals surface area contributed by atoms with Crippen LogP contribution in [-0.4, -0.2) is 6.54 Å². The molecule has 2 heteroatoms. The second-order valence-corrected chi connectivity index (χ2v) is 2.35. The Kier molecular flexibility index (Phi) is 2.93. The molecular weight excluding hydrogens is 136 g/mol. The monoisotopic (exact) mass is 149 g/mol. The average molecular weight is 149 g/mol. The molecule has 1 radical (unpaired) electrons. The molecule has 0 atom stereocenters. The van der Waals surface area contributed by atoms with Gasteiger partial charge in [-0.25, -0.2) is 0 Å². The van der Waals surface area contributed by atoms with Gasteiger partial charge in [-0.05, 0) is 18.6 Å². The lowest BCUT2D eigenvalue weighted by molar-refractivity contribution is 1.07. The molecule has 0 saturated heterocycles. The smallest absolute Gasteiger partial charge is 0.0423 e. The maximum absolute atomic E-state index is 5.47. The van der Waals surface area contributed by atoms with E-state index in [9.17, 15) is 0 Å². The minimum Gasteiger partial charge on any atom is -0.385 e. The van der Waals surface area contributed by atoms with Crippen LogP contribution in [0.2, 0.25) is 0 Å². The molecule has 1 aromatic carbocycles. The molecule has 11 heavy (non-hydrogen) atoms. The molecule has 0 unspecified atom stereocenters. The summed E-state index contributed by atoms with van der Waals surface area (Å²) in [5.74, 6) is 0. The van der Waals surface area contributed by atoms with Crippen LogP contribution >= 0.6 is 0 Å². The molecule has 0 fully saturated rings. The summed E-state index contributed by atoms with van der Waals surface area (Å²) in [6, 6.07) is 8.96. The van der Waals surface area contributed by atoms with E-state index < -0.39 is 0 Å². The summed E-state index contributed by atoms with van der Waals surface area (Å²) in [5, 5.41) is 3.17. The first-order chi connectivity index (χ1) is 5.36. The quantitative estimate of drug-likeness (QED) is 0.681. The summed E-state index contributed by atoms with van der Waals surface area (Å²) in [7, 11) is 0. The fourth-order valence-electron chi connectivity index (χ4n) is 0.933. The van der Waals surface area contributed by atoms with E-state index >= 15 is 0 Å². The lowest BCUT2D eigenvalue weighted by Crippen LogP contribution is -2.00. The first-order valence-corrected chi connectivity index (χ1v) is 3.81. The Morgan fingerprint density at radius 3 is 3.09 bits per heavy atom. The standard InChI is InChI=1S/C9H13N2/c1-2-11-9-5-3-4-8(6-9)7-10/h3-4,6,11H,2,7,10H2,1H3. The van der Waals surface area contributed by atoms with Gasteiger partial charge < -0.3 is 11.1 Å². The normalized spacial score (nSPS) is 9.64. The van der Waals surface area contributed by atoms with Gasteiger partial charge in [0.1, 0.15) is 0 Å². The molecule has 0 amide bonds. The van der Waals surface area contributed by atoms with Crippen LogP contribution in [0.5, 0.6) is 0 Å². The van der Waals surface area contributed by atoms with Crippen molar-refractivity contribution in [1.29, 1.82) is 0 Å². The Morgan fingerprint density at radius 1 is 1.64 bits per heavy atom. The molecular formula is C9H13N2. The number of rotatable bonds is 3. The van der Waals surface area contributed by atoms with E-state index in [-0.39, 0.29) is 0 Å². The van der Waals surface area contributed by atoms with Gasteiger partial charge in [-0.15, -0.1) is 0 Å². The molecule has 2 nitrogen and oxygen atoms in total. The molecule has 0 aromatic heterocycles. The minimum absolute atomic E-state index is 0.590. The van der Waals surface area contributed by atoms with Crippen molar-refractivity contribution in [1.82, 2.24) is 0 Å². The molecule has 3 N–H and O–H groups in total. The molecule has 1 aromatic rings. The van der Waals surface area contributed by atoms with Crippen LogP contribution < -0.4 is 11.1 Å². The number of nitrogens with one attached hydrogen (secondary N) is 1. The highest BCUT2D eigenvalue weighted by Gasteiger charge is 1.91. The highest BCUT2D eigenvalue weighted by molar-refractivity contribution is 5.44. The first-order valence-electron chi connectivity index (χ1n) is 3.81. The summed E-state index contributed by atoms with van der Waals surface area (Å²) in [4.78, 5) is 0. The van der Waals surface area contributed by atoms with Crippen molar-refractivity contribution in [2.24, 2.45) is 5.73 Å². The molecule has 0 aliphatic heterocycles. The van der Waals surface area contributed by atoms with Gasteiger partial charge in [-0.3, -0.25) is 0 Å². The van der Waals surface area contributed by atoms with Crippen molar-refractivity contribution < 1.29 is 0 Å². The zero-order valence-electron chi connectivity index (χ0n) is 6.72. The van der Waals surface area contributed by atoms with Gasteiger partial charge >= 0.3 is 0 Å². The second kappa shape index (κ2) is 3.98. The van der Waals surface area contributed by atoms with Crippen LogP contribution in [0.15, 0.2) is 18.2 Å². The molecule has 0 aliphatic rings. The second-order valence-electron chi connectivity index (χ2n) is 2.35. The summed E-state index contributed by atoms with van der Waals surface area (Å²) < 4.78 is 0. The van der Waals surface area contributed by atoms with E-state index in [1.807, 2.05) is 18.2 Å². The van der Waals surface area contributed by atoms with Gasteiger partial charge in [-0.1, -0.05) is 12.1 Å². The molecule has 0 saturated carbocycles. The van der Waals surface area contributed by atoms with Gasteiger partial charge in [0.25, 0.3) is 0 Å². The van der Waals surface area contributed by atoms with Crippen LogP contribution in [0.4, 0.5) is 5.69 Å². The average Bonchev–Trinajstić information content (AvgIpc) is 2.06. The number of nitrogens with two attached hydrogens (primary N) is 1. The van der Waals surface area contributed by atoms with Gasteiger partial charge in [0.2, 0.25) is 0 Å². The van der Waals surface area contributed by atoms with Gasteiger partial charge in [0.15, 0.2) is 0 Å². The third kappa shape index (κ3) is 2.24. The lowest BCUT2D eigenvalue weighted by Gasteiger charge is -2.03. The maximum Gasteiger partial charge on any atom is 0.0423 e. The van der Waals surface area contributed by atoms with E-state index in [1.54, 1.807) is 0 Å². The third-order valence-corrected chi connectivity index (χ3v) is 1.47. The minimum atomic E-state index is 0.590. The fourth-order valence-corrected chi connectivity index (χ4v) is 0.933. The van der Waals surface area contributed by atoms with Gasteiger partial charge in [-0.2, -0.15) is 0 Å². The van der Waals surface area contributed by atoms with E-state index in [1.165, 1.54) is 0 Å². The highest BCUT2D eigenvalue weighted by Crippen LogP contribution is 2.08. The zero-order valence-corrected chi connectivity index (χ0v) is 6.72. The molecule has 59 valence electrons. The van der Waals surface area contributed by atoms with Crippen molar-refractivity contribution in [3.8, 4) is 0 Å². The summed E-state index contributed by atoms with van der Waals surface area (Å²) in [6.07, 6.45) is 0. The zero-order chi connectivity index (χ0) is 8.10. The summed E-state index contributed by atoms with van der Waals surface area (Å²) >= 11 is 0. The Hall–Kier alpha value is -1.02. The molecule has 0 spiro atoms.